The van der Waals surface area contributed by atoms with Crippen molar-refractivity contribution in [3.63, 3.8) is 0 Å². The van der Waals surface area contributed by atoms with Gasteiger partial charge in [-0.1, -0.05) is 29.8 Å². The predicted molar refractivity (Wildman–Crippen MR) is 117 cm³/mol. The number of rotatable bonds is 10. The fourth-order valence-electron chi connectivity index (χ4n) is 3.04. The number of nitrogens with one attached hydrogen (secondary N) is 1. The van der Waals surface area contributed by atoms with E-state index >= 15 is 0 Å². The van der Waals surface area contributed by atoms with Crippen LogP contribution in [0.2, 0.25) is 5.02 Å². The van der Waals surface area contributed by atoms with Crippen LogP contribution in [0.25, 0.3) is 0 Å². The van der Waals surface area contributed by atoms with Gasteiger partial charge in [-0.25, -0.2) is 8.42 Å². The van der Waals surface area contributed by atoms with Crippen LogP contribution in [0.4, 0.5) is 5.69 Å². The van der Waals surface area contributed by atoms with Gasteiger partial charge < -0.3 is 10.1 Å². The van der Waals surface area contributed by atoms with Gasteiger partial charge in [0.15, 0.2) is 0 Å². The van der Waals surface area contributed by atoms with Crippen LogP contribution in [-0.4, -0.2) is 39.8 Å². The van der Waals surface area contributed by atoms with Crippen LogP contribution in [-0.2, 0) is 21.2 Å². The Morgan fingerprint density at radius 3 is 2.45 bits per heavy atom. The molecule has 0 radical (unpaired) electrons. The summed E-state index contributed by atoms with van der Waals surface area (Å²) in [6.45, 7) is 4.53. The molecule has 0 unspecified atom stereocenters. The fraction of sp³-hybridized carbons (Fsp3) is 0.381. The lowest BCUT2D eigenvalue weighted by Crippen LogP contribution is -2.48. The molecule has 0 aromatic heterocycles. The van der Waals surface area contributed by atoms with Gasteiger partial charge in [0.2, 0.25) is 15.9 Å². The Morgan fingerprint density at radius 2 is 1.83 bits per heavy atom. The molecule has 0 bridgehead atoms. The molecule has 0 spiro atoms. The van der Waals surface area contributed by atoms with E-state index in [4.69, 9.17) is 16.3 Å². The molecule has 1 amide bonds. The van der Waals surface area contributed by atoms with Gasteiger partial charge in [0, 0.05) is 11.6 Å². The third-order valence-corrected chi connectivity index (χ3v) is 5.86. The lowest BCUT2D eigenvalue weighted by atomic mass is 10.1. The van der Waals surface area contributed by atoms with E-state index < -0.39 is 16.1 Å². The molecule has 0 saturated carbocycles. The molecule has 0 aliphatic heterocycles. The molecule has 0 aliphatic rings. The summed E-state index contributed by atoms with van der Waals surface area (Å²) in [6, 6.07) is 13.3. The summed E-state index contributed by atoms with van der Waals surface area (Å²) >= 11 is 5.88. The molecule has 0 saturated heterocycles. The molecule has 0 aliphatic carbocycles. The first-order chi connectivity index (χ1) is 13.7. The zero-order valence-corrected chi connectivity index (χ0v) is 18.5. The van der Waals surface area contributed by atoms with Crippen molar-refractivity contribution in [1.82, 2.24) is 5.32 Å². The Kier molecular flexibility index (Phi) is 8.34. The van der Waals surface area contributed by atoms with E-state index in [1.165, 1.54) is 0 Å². The summed E-state index contributed by atoms with van der Waals surface area (Å²) in [6.07, 6.45) is 2.54. The number of sulfonamides is 1. The smallest absolute Gasteiger partial charge is 0.243 e. The Morgan fingerprint density at radius 1 is 1.17 bits per heavy atom. The predicted octanol–water partition coefficient (Wildman–Crippen LogP) is 3.64. The third kappa shape index (κ3) is 6.65. The number of halogens is 1. The van der Waals surface area contributed by atoms with Crippen LogP contribution in [0.3, 0.4) is 0 Å². The van der Waals surface area contributed by atoms with Crippen molar-refractivity contribution in [3.8, 4) is 5.75 Å². The highest BCUT2D eigenvalue weighted by atomic mass is 35.5. The van der Waals surface area contributed by atoms with Gasteiger partial charge >= 0.3 is 0 Å². The summed E-state index contributed by atoms with van der Waals surface area (Å²) in [5, 5.41) is 3.32. The van der Waals surface area contributed by atoms with E-state index in [0.717, 1.165) is 28.3 Å². The number of ether oxygens (including phenoxy) is 1. The second-order valence-electron chi connectivity index (χ2n) is 6.65. The van der Waals surface area contributed by atoms with Crippen molar-refractivity contribution in [2.75, 3.05) is 23.7 Å². The van der Waals surface area contributed by atoms with Crippen LogP contribution < -0.4 is 14.4 Å². The minimum Gasteiger partial charge on any atom is -0.494 e. The van der Waals surface area contributed by atoms with Crippen molar-refractivity contribution < 1.29 is 17.9 Å². The first-order valence-electron chi connectivity index (χ1n) is 9.47. The maximum absolute atomic E-state index is 12.6. The molecule has 1 atom stereocenters. The number of para-hydroxylation sites is 1. The van der Waals surface area contributed by atoms with Crippen molar-refractivity contribution in [1.29, 1.82) is 0 Å². The van der Waals surface area contributed by atoms with Crippen LogP contribution in [0.1, 0.15) is 25.8 Å². The Bertz CT molecular complexity index is 917. The van der Waals surface area contributed by atoms with E-state index in [-0.39, 0.29) is 5.91 Å². The molecule has 0 fully saturated rings. The molecule has 158 valence electrons. The van der Waals surface area contributed by atoms with Crippen LogP contribution >= 0.6 is 11.6 Å². The van der Waals surface area contributed by atoms with E-state index in [1.807, 2.05) is 31.2 Å². The first kappa shape index (κ1) is 23.0. The largest absolute Gasteiger partial charge is 0.494 e. The van der Waals surface area contributed by atoms with Gasteiger partial charge in [-0.05, 0) is 62.6 Å². The summed E-state index contributed by atoms with van der Waals surface area (Å²) in [4.78, 5) is 12.6. The lowest BCUT2D eigenvalue weighted by Gasteiger charge is -2.28. The van der Waals surface area contributed by atoms with Gasteiger partial charge in [0.25, 0.3) is 0 Å². The average Bonchev–Trinajstić information content (AvgIpc) is 2.67. The molecular formula is C21H27ClN2O4S. The molecule has 1 N–H and O–H groups in total. The molecular weight excluding hydrogens is 412 g/mol. The SMILES string of the molecule is CCOc1ccccc1CCCNC(=O)[C@H](C)N(c1ccc(Cl)cc1)S(C)(=O)=O. The van der Waals surface area contributed by atoms with Crippen molar-refractivity contribution >= 4 is 33.2 Å². The average molecular weight is 439 g/mol. The first-order valence-corrected chi connectivity index (χ1v) is 11.7. The Labute approximate surface area is 177 Å². The molecule has 8 heteroatoms. The number of nitrogens with zero attached hydrogens (tertiary/aromatic N) is 1. The highest BCUT2D eigenvalue weighted by Crippen LogP contribution is 2.23. The number of aryl methyl sites for hydroxylation is 1. The van der Waals surface area contributed by atoms with Crippen molar-refractivity contribution in [2.24, 2.45) is 0 Å². The number of hydrogen-bond acceptors (Lipinski definition) is 4. The van der Waals surface area contributed by atoms with Crippen molar-refractivity contribution in [3.05, 3.63) is 59.1 Å². The second-order valence-corrected chi connectivity index (χ2v) is 8.94. The van der Waals surface area contributed by atoms with Gasteiger partial charge in [-0.2, -0.15) is 0 Å². The number of carbonyl (C=O) groups excluding carboxylic acids is 1. The molecule has 29 heavy (non-hydrogen) atoms. The lowest BCUT2D eigenvalue weighted by molar-refractivity contribution is -0.121. The number of amides is 1. The summed E-state index contributed by atoms with van der Waals surface area (Å²) in [5.74, 6) is 0.490. The minimum absolute atomic E-state index is 0.358. The topological polar surface area (TPSA) is 75.7 Å². The zero-order valence-electron chi connectivity index (χ0n) is 16.9. The normalized spacial score (nSPS) is 12.3. The number of anilines is 1. The van der Waals surface area contributed by atoms with Gasteiger partial charge in [0.05, 0.1) is 18.6 Å². The van der Waals surface area contributed by atoms with E-state index in [1.54, 1.807) is 31.2 Å². The molecule has 2 aromatic carbocycles. The maximum Gasteiger partial charge on any atom is 0.243 e. The maximum atomic E-state index is 12.6. The zero-order chi connectivity index (χ0) is 21.4. The number of carbonyl (C=O) groups is 1. The summed E-state index contributed by atoms with van der Waals surface area (Å²) in [5.41, 5.74) is 1.47. The number of benzene rings is 2. The summed E-state index contributed by atoms with van der Waals surface area (Å²) < 4.78 is 31.3. The molecule has 2 rings (SSSR count). The summed E-state index contributed by atoms with van der Waals surface area (Å²) in [7, 11) is -3.65. The van der Waals surface area contributed by atoms with Crippen LogP contribution in [0.5, 0.6) is 5.75 Å². The molecule has 2 aromatic rings. The highest BCUT2D eigenvalue weighted by molar-refractivity contribution is 7.92. The quantitative estimate of drug-likeness (QED) is 0.574. The van der Waals surface area contributed by atoms with E-state index in [0.29, 0.717) is 30.3 Å². The Hall–Kier alpha value is -2.25. The van der Waals surface area contributed by atoms with Crippen molar-refractivity contribution in [2.45, 2.75) is 32.7 Å². The van der Waals surface area contributed by atoms with E-state index in [9.17, 15) is 13.2 Å². The second kappa shape index (κ2) is 10.5. The monoisotopic (exact) mass is 438 g/mol. The third-order valence-electron chi connectivity index (χ3n) is 4.36. The number of hydrogen-bond donors (Lipinski definition) is 1. The minimum atomic E-state index is -3.65. The Balaban J connectivity index is 1.97. The van der Waals surface area contributed by atoms with Crippen LogP contribution in [0, 0.1) is 0 Å². The van der Waals surface area contributed by atoms with Gasteiger partial charge in [-0.3, -0.25) is 9.10 Å². The van der Waals surface area contributed by atoms with Gasteiger partial charge in [0.1, 0.15) is 11.8 Å². The van der Waals surface area contributed by atoms with Crippen LogP contribution in [0.15, 0.2) is 48.5 Å². The highest BCUT2D eigenvalue weighted by Gasteiger charge is 2.28. The van der Waals surface area contributed by atoms with Gasteiger partial charge in [-0.15, -0.1) is 0 Å². The fourth-order valence-corrected chi connectivity index (χ4v) is 4.34. The molecule has 6 nitrogen and oxygen atoms in total. The standard InChI is InChI=1S/C21H27ClN2O4S/c1-4-28-20-10-6-5-8-17(20)9-7-15-23-21(25)16(2)24(29(3,26)27)19-13-11-18(22)12-14-19/h5-6,8,10-14,16H,4,7,9,15H2,1-3H3,(H,23,25)/t16-/m0/s1. The van der Waals surface area contributed by atoms with E-state index in [2.05, 4.69) is 5.32 Å². The molecule has 0 heterocycles.